The lowest BCUT2D eigenvalue weighted by Crippen LogP contribution is -2.35. The van der Waals surface area contributed by atoms with E-state index in [-0.39, 0.29) is 24.3 Å². The average Bonchev–Trinajstić information content (AvgIpc) is 3.10. The molecule has 2 amide bonds. The standard InChI is InChI=1S/C17H18N4O4/c1-8-14-12(20-17(23)25-14)7-21(8)16-10-6-13(24-2)11(15(18)22)5-9(10)3-4-19-16/h3-6,8,12,14H,7H2,1-2H3,(H2,18,22)(H,20,23)/t8-,12+,14-/m0/s1. The van der Waals surface area contributed by atoms with Crippen LogP contribution in [0.25, 0.3) is 10.8 Å². The Morgan fingerprint density at radius 2 is 2.28 bits per heavy atom. The van der Waals surface area contributed by atoms with E-state index in [2.05, 4.69) is 15.2 Å². The van der Waals surface area contributed by atoms with Crippen molar-refractivity contribution in [2.45, 2.75) is 25.1 Å². The Balaban J connectivity index is 1.80. The molecule has 0 bridgehead atoms. The fourth-order valence-electron chi connectivity index (χ4n) is 3.67. The molecule has 4 rings (SSSR count). The van der Waals surface area contributed by atoms with Crippen LogP contribution in [0.1, 0.15) is 17.3 Å². The van der Waals surface area contributed by atoms with E-state index in [1.54, 1.807) is 18.3 Å². The zero-order valence-electron chi connectivity index (χ0n) is 13.9. The minimum atomic E-state index is -0.544. The average molecular weight is 342 g/mol. The Hall–Kier alpha value is -3.03. The Morgan fingerprint density at radius 1 is 1.48 bits per heavy atom. The van der Waals surface area contributed by atoms with Crippen LogP contribution in [0.5, 0.6) is 5.75 Å². The first kappa shape index (κ1) is 15.5. The van der Waals surface area contributed by atoms with Crippen molar-refractivity contribution in [3.63, 3.8) is 0 Å². The maximum absolute atomic E-state index is 11.6. The van der Waals surface area contributed by atoms with Crippen molar-refractivity contribution >= 4 is 28.6 Å². The second kappa shape index (κ2) is 5.51. The Kier molecular flexibility index (Phi) is 3.41. The molecular formula is C17H18N4O4. The third kappa shape index (κ3) is 2.33. The number of methoxy groups -OCH3 is 1. The third-order valence-corrected chi connectivity index (χ3v) is 4.90. The van der Waals surface area contributed by atoms with E-state index in [9.17, 15) is 9.59 Å². The van der Waals surface area contributed by atoms with Crippen LogP contribution in [-0.2, 0) is 4.74 Å². The van der Waals surface area contributed by atoms with E-state index in [0.717, 1.165) is 16.6 Å². The maximum atomic E-state index is 11.6. The van der Waals surface area contributed by atoms with Gasteiger partial charge in [0.15, 0.2) is 0 Å². The van der Waals surface area contributed by atoms with Gasteiger partial charge in [0.2, 0.25) is 0 Å². The SMILES string of the molecule is COc1cc2c(N3C[C@H]4NC(=O)O[C@H]4[C@@H]3C)nccc2cc1C(N)=O. The summed E-state index contributed by atoms with van der Waals surface area (Å²) in [6.07, 6.45) is 1.10. The molecule has 8 nitrogen and oxygen atoms in total. The molecule has 2 aromatic rings. The highest BCUT2D eigenvalue weighted by atomic mass is 16.6. The zero-order chi connectivity index (χ0) is 17.7. The van der Waals surface area contributed by atoms with Gasteiger partial charge in [-0.05, 0) is 30.5 Å². The van der Waals surface area contributed by atoms with Gasteiger partial charge in [0.05, 0.1) is 24.8 Å². The Morgan fingerprint density at radius 3 is 2.96 bits per heavy atom. The van der Waals surface area contributed by atoms with Crippen molar-refractivity contribution in [3.8, 4) is 5.75 Å². The van der Waals surface area contributed by atoms with Gasteiger partial charge in [0.1, 0.15) is 17.7 Å². The van der Waals surface area contributed by atoms with Gasteiger partial charge < -0.3 is 25.4 Å². The summed E-state index contributed by atoms with van der Waals surface area (Å²) in [5.41, 5.74) is 5.76. The number of anilines is 1. The van der Waals surface area contributed by atoms with Gasteiger partial charge in [-0.2, -0.15) is 0 Å². The van der Waals surface area contributed by atoms with E-state index >= 15 is 0 Å². The number of primary amides is 1. The van der Waals surface area contributed by atoms with Crippen molar-refractivity contribution in [3.05, 3.63) is 30.0 Å². The zero-order valence-corrected chi connectivity index (χ0v) is 13.9. The van der Waals surface area contributed by atoms with Crippen molar-refractivity contribution in [2.75, 3.05) is 18.6 Å². The highest BCUT2D eigenvalue weighted by Gasteiger charge is 2.47. The van der Waals surface area contributed by atoms with Crippen LogP contribution in [0.2, 0.25) is 0 Å². The fraction of sp³-hybridized carbons (Fsp3) is 0.353. The number of aromatic nitrogens is 1. The number of amides is 2. The van der Waals surface area contributed by atoms with E-state index in [1.165, 1.54) is 7.11 Å². The highest BCUT2D eigenvalue weighted by molar-refractivity contribution is 6.03. The summed E-state index contributed by atoms with van der Waals surface area (Å²) in [5, 5.41) is 4.52. The van der Waals surface area contributed by atoms with Crippen LogP contribution in [-0.4, -0.2) is 48.8 Å². The molecule has 0 aliphatic carbocycles. The monoisotopic (exact) mass is 342 g/mol. The molecule has 2 saturated heterocycles. The number of alkyl carbamates (subject to hydrolysis) is 1. The molecule has 2 aliphatic rings. The van der Waals surface area contributed by atoms with E-state index in [0.29, 0.717) is 17.9 Å². The van der Waals surface area contributed by atoms with Crippen LogP contribution < -0.4 is 20.7 Å². The van der Waals surface area contributed by atoms with Gasteiger partial charge in [0, 0.05) is 18.1 Å². The molecule has 3 N–H and O–H groups in total. The maximum Gasteiger partial charge on any atom is 0.407 e. The van der Waals surface area contributed by atoms with E-state index in [4.69, 9.17) is 15.2 Å². The third-order valence-electron chi connectivity index (χ3n) is 4.90. The van der Waals surface area contributed by atoms with Crippen LogP contribution in [0.4, 0.5) is 10.6 Å². The number of hydrogen-bond donors (Lipinski definition) is 2. The second-order valence-electron chi connectivity index (χ2n) is 6.29. The number of nitrogens with two attached hydrogens (primary N) is 1. The number of carbonyl (C=O) groups is 2. The lowest BCUT2D eigenvalue weighted by molar-refractivity contribution is 0.0997. The molecule has 0 radical (unpaired) electrons. The van der Waals surface area contributed by atoms with Gasteiger partial charge in [-0.15, -0.1) is 0 Å². The number of fused-ring (bicyclic) bond motifs is 2. The van der Waals surface area contributed by atoms with Crippen molar-refractivity contribution < 1.29 is 19.1 Å². The number of hydrogen-bond acceptors (Lipinski definition) is 6. The van der Waals surface area contributed by atoms with Crippen LogP contribution in [0, 0.1) is 0 Å². The summed E-state index contributed by atoms with van der Waals surface area (Å²) in [4.78, 5) is 29.7. The molecule has 0 unspecified atom stereocenters. The van der Waals surface area contributed by atoms with Gasteiger partial charge in [-0.3, -0.25) is 4.79 Å². The summed E-state index contributed by atoms with van der Waals surface area (Å²) in [6.45, 7) is 2.60. The molecule has 3 heterocycles. The van der Waals surface area contributed by atoms with Gasteiger partial charge >= 0.3 is 6.09 Å². The number of carbonyl (C=O) groups excluding carboxylic acids is 2. The molecule has 2 fully saturated rings. The summed E-state index contributed by atoms with van der Waals surface area (Å²) >= 11 is 0. The number of rotatable bonds is 3. The topological polar surface area (TPSA) is 107 Å². The molecule has 0 saturated carbocycles. The Labute approximate surface area is 143 Å². The van der Waals surface area contributed by atoms with Crippen molar-refractivity contribution in [1.29, 1.82) is 0 Å². The van der Waals surface area contributed by atoms with E-state index < -0.39 is 5.91 Å². The summed E-state index contributed by atoms with van der Waals surface area (Å²) in [7, 11) is 1.50. The summed E-state index contributed by atoms with van der Waals surface area (Å²) in [5.74, 6) is 0.620. The molecule has 8 heteroatoms. The molecule has 0 spiro atoms. The lowest BCUT2D eigenvalue weighted by Gasteiger charge is -2.26. The molecule has 130 valence electrons. The lowest BCUT2D eigenvalue weighted by atomic mass is 10.1. The van der Waals surface area contributed by atoms with Crippen molar-refractivity contribution in [1.82, 2.24) is 10.3 Å². The normalized spacial score (nSPS) is 24.8. The first-order chi connectivity index (χ1) is 12.0. The molecule has 25 heavy (non-hydrogen) atoms. The second-order valence-corrected chi connectivity index (χ2v) is 6.29. The molecule has 1 aromatic carbocycles. The molecule has 1 aromatic heterocycles. The first-order valence-corrected chi connectivity index (χ1v) is 8.00. The fourth-order valence-corrected chi connectivity index (χ4v) is 3.67. The number of pyridine rings is 1. The van der Waals surface area contributed by atoms with Gasteiger partial charge in [-0.1, -0.05) is 0 Å². The number of ether oxygens (including phenoxy) is 2. The smallest absolute Gasteiger partial charge is 0.407 e. The number of nitrogens with one attached hydrogen (secondary N) is 1. The van der Waals surface area contributed by atoms with Crippen LogP contribution >= 0.6 is 0 Å². The van der Waals surface area contributed by atoms with Crippen LogP contribution in [0.15, 0.2) is 24.4 Å². The predicted molar refractivity (Wildman–Crippen MR) is 90.8 cm³/mol. The molecule has 2 aliphatic heterocycles. The molecular weight excluding hydrogens is 324 g/mol. The van der Waals surface area contributed by atoms with Crippen molar-refractivity contribution in [2.24, 2.45) is 5.73 Å². The first-order valence-electron chi connectivity index (χ1n) is 8.00. The highest BCUT2D eigenvalue weighted by Crippen LogP contribution is 2.36. The largest absolute Gasteiger partial charge is 0.496 e. The Bertz CT molecular complexity index is 884. The number of nitrogens with zero attached hydrogens (tertiary/aromatic N) is 2. The van der Waals surface area contributed by atoms with Crippen LogP contribution in [0.3, 0.4) is 0 Å². The van der Waals surface area contributed by atoms with E-state index in [1.807, 2.05) is 13.0 Å². The minimum Gasteiger partial charge on any atom is -0.496 e. The number of benzene rings is 1. The predicted octanol–water partition coefficient (Wildman–Crippen LogP) is 1.03. The minimum absolute atomic E-state index is 0.0242. The summed E-state index contributed by atoms with van der Waals surface area (Å²) in [6, 6.07) is 5.22. The molecule has 3 atom stereocenters. The van der Waals surface area contributed by atoms with Gasteiger partial charge in [0.25, 0.3) is 5.91 Å². The van der Waals surface area contributed by atoms with Gasteiger partial charge in [-0.25, -0.2) is 9.78 Å². The quantitative estimate of drug-likeness (QED) is 0.863. The summed E-state index contributed by atoms with van der Waals surface area (Å²) < 4.78 is 10.7.